The number of carbonyl (C=O) groups excluding carboxylic acids is 1. The van der Waals surface area contributed by atoms with Crippen LogP contribution in [0.4, 0.5) is 0 Å². The quantitative estimate of drug-likeness (QED) is 0.922. The van der Waals surface area contributed by atoms with E-state index in [0.29, 0.717) is 31.0 Å². The fraction of sp³-hybridized carbons (Fsp3) is 0.353. The molecule has 1 aliphatic heterocycles. The van der Waals surface area contributed by atoms with Gasteiger partial charge in [0, 0.05) is 18.7 Å². The number of hydrogen-bond acceptors (Lipinski definition) is 4. The van der Waals surface area contributed by atoms with Gasteiger partial charge in [0.05, 0.1) is 12.8 Å². The van der Waals surface area contributed by atoms with Crippen LogP contribution in [0.2, 0.25) is 0 Å². The van der Waals surface area contributed by atoms with Crippen molar-refractivity contribution in [2.75, 3.05) is 6.61 Å². The van der Waals surface area contributed by atoms with Gasteiger partial charge in [0.15, 0.2) is 0 Å². The number of amides is 1. The first kappa shape index (κ1) is 14.7. The third kappa shape index (κ3) is 3.31. The summed E-state index contributed by atoms with van der Waals surface area (Å²) in [5, 5.41) is 9.94. The number of aromatic hydroxyl groups is 1. The summed E-state index contributed by atoms with van der Waals surface area (Å²) in [5.41, 5.74) is 0.709. The Bertz CT molecular complexity index is 617. The highest BCUT2D eigenvalue weighted by molar-refractivity contribution is 5.81. The zero-order valence-electron chi connectivity index (χ0n) is 12.3. The molecular weight excluding hydrogens is 282 g/mol. The molecule has 1 aromatic carbocycles. The second-order valence-electron chi connectivity index (χ2n) is 5.40. The van der Waals surface area contributed by atoms with E-state index in [9.17, 15) is 9.90 Å². The molecule has 5 heteroatoms. The Balaban J connectivity index is 1.79. The lowest BCUT2D eigenvalue weighted by Crippen LogP contribution is -2.38. The number of ether oxygens (including phenoxy) is 1. The van der Waals surface area contributed by atoms with Crippen LogP contribution in [0.3, 0.4) is 0 Å². The predicted octanol–water partition coefficient (Wildman–Crippen LogP) is 2.69. The predicted molar refractivity (Wildman–Crippen MR) is 80.0 cm³/mol. The lowest BCUT2D eigenvalue weighted by atomic mass is 10.1. The summed E-state index contributed by atoms with van der Waals surface area (Å²) < 4.78 is 10.8. The monoisotopic (exact) mass is 301 g/mol. The molecule has 1 amide bonds. The molecule has 1 fully saturated rings. The molecule has 1 N–H and O–H groups in total. The van der Waals surface area contributed by atoms with Crippen LogP contribution in [0.1, 0.15) is 24.2 Å². The minimum absolute atomic E-state index is 0.0582. The topological polar surface area (TPSA) is 62.9 Å². The first-order chi connectivity index (χ1) is 10.7. The standard InChI is InChI=1S/C17H19NO4/c19-15-7-2-1-5-13(15)11-18(12-14-6-3-9-21-14)17(20)16-8-4-10-22-16/h1-3,5-7,9,16,19H,4,8,10-12H2/t16-/m0/s1. The van der Waals surface area contributed by atoms with Crippen molar-refractivity contribution < 1.29 is 19.1 Å². The van der Waals surface area contributed by atoms with Crippen LogP contribution in [-0.2, 0) is 22.6 Å². The summed E-state index contributed by atoms with van der Waals surface area (Å²) in [7, 11) is 0. The van der Waals surface area contributed by atoms with E-state index in [1.165, 1.54) is 0 Å². The van der Waals surface area contributed by atoms with Crippen molar-refractivity contribution in [2.45, 2.75) is 32.0 Å². The molecule has 0 bridgehead atoms. The SMILES string of the molecule is O=C([C@@H]1CCCO1)N(Cc1ccco1)Cc1ccccc1O. The Morgan fingerprint density at radius 2 is 2.09 bits per heavy atom. The second-order valence-corrected chi connectivity index (χ2v) is 5.40. The largest absolute Gasteiger partial charge is 0.508 e. The Morgan fingerprint density at radius 3 is 2.77 bits per heavy atom. The Labute approximate surface area is 129 Å². The molecule has 1 atom stereocenters. The van der Waals surface area contributed by atoms with Crippen LogP contribution < -0.4 is 0 Å². The van der Waals surface area contributed by atoms with Gasteiger partial charge < -0.3 is 19.2 Å². The summed E-state index contributed by atoms with van der Waals surface area (Å²) >= 11 is 0. The van der Waals surface area contributed by atoms with Crippen molar-refractivity contribution in [3.8, 4) is 5.75 Å². The van der Waals surface area contributed by atoms with Gasteiger partial charge in [-0.2, -0.15) is 0 Å². The molecule has 0 spiro atoms. The Morgan fingerprint density at radius 1 is 1.23 bits per heavy atom. The van der Waals surface area contributed by atoms with Gasteiger partial charge in [-0.15, -0.1) is 0 Å². The van der Waals surface area contributed by atoms with Crippen LogP contribution in [0.15, 0.2) is 47.1 Å². The van der Waals surface area contributed by atoms with E-state index < -0.39 is 0 Å². The highest BCUT2D eigenvalue weighted by atomic mass is 16.5. The van der Waals surface area contributed by atoms with Gasteiger partial charge in [-0.3, -0.25) is 4.79 Å². The van der Waals surface area contributed by atoms with Crippen LogP contribution in [0.25, 0.3) is 0 Å². The molecule has 1 aliphatic rings. The van der Waals surface area contributed by atoms with Gasteiger partial charge in [-0.05, 0) is 31.0 Å². The van der Waals surface area contributed by atoms with Gasteiger partial charge >= 0.3 is 0 Å². The van der Waals surface area contributed by atoms with E-state index in [1.807, 2.05) is 18.2 Å². The molecule has 22 heavy (non-hydrogen) atoms. The van der Waals surface area contributed by atoms with E-state index in [4.69, 9.17) is 9.15 Å². The van der Waals surface area contributed by atoms with E-state index in [2.05, 4.69) is 0 Å². The highest BCUT2D eigenvalue weighted by Crippen LogP contribution is 2.22. The van der Waals surface area contributed by atoms with Gasteiger partial charge in [0.25, 0.3) is 5.91 Å². The van der Waals surface area contributed by atoms with Crippen molar-refractivity contribution in [3.05, 3.63) is 54.0 Å². The van der Waals surface area contributed by atoms with Crippen LogP contribution in [0, 0.1) is 0 Å². The van der Waals surface area contributed by atoms with Crippen LogP contribution >= 0.6 is 0 Å². The summed E-state index contributed by atoms with van der Waals surface area (Å²) in [4.78, 5) is 14.3. The minimum atomic E-state index is -0.388. The molecule has 116 valence electrons. The van der Waals surface area contributed by atoms with Gasteiger partial charge in [0.1, 0.15) is 17.6 Å². The van der Waals surface area contributed by atoms with Crippen molar-refractivity contribution in [2.24, 2.45) is 0 Å². The van der Waals surface area contributed by atoms with E-state index in [1.54, 1.807) is 29.4 Å². The number of phenols is 1. The summed E-state index contributed by atoms with van der Waals surface area (Å²) in [5.74, 6) is 0.839. The molecule has 0 saturated carbocycles. The minimum Gasteiger partial charge on any atom is -0.508 e. The molecule has 1 aromatic heterocycles. The van der Waals surface area contributed by atoms with Crippen molar-refractivity contribution in [1.82, 2.24) is 4.90 Å². The van der Waals surface area contributed by atoms with Gasteiger partial charge in [-0.1, -0.05) is 18.2 Å². The zero-order chi connectivity index (χ0) is 15.4. The fourth-order valence-corrected chi connectivity index (χ4v) is 2.63. The normalized spacial score (nSPS) is 17.5. The number of phenolic OH excluding ortho intramolecular Hbond substituents is 1. The van der Waals surface area contributed by atoms with Crippen LogP contribution in [-0.4, -0.2) is 28.6 Å². The zero-order valence-corrected chi connectivity index (χ0v) is 12.3. The lowest BCUT2D eigenvalue weighted by molar-refractivity contribution is -0.142. The molecule has 5 nitrogen and oxygen atoms in total. The molecule has 0 radical (unpaired) electrons. The van der Waals surface area contributed by atoms with E-state index >= 15 is 0 Å². The molecule has 3 rings (SSSR count). The Kier molecular flexibility index (Phi) is 4.44. The lowest BCUT2D eigenvalue weighted by Gasteiger charge is -2.25. The third-order valence-electron chi connectivity index (χ3n) is 3.80. The van der Waals surface area contributed by atoms with Crippen molar-refractivity contribution in [3.63, 3.8) is 0 Å². The highest BCUT2D eigenvalue weighted by Gasteiger charge is 2.29. The molecule has 2 heterocycles. The molecule has 1 saturated heterocycles. The third-order valence-corrected chi connectivity index (χ3v) is 3.80. The number of furan rings is 1. The number of hydrogen-bond donors (Lipinski definition) is 1. The van der Waals surface area contributed by atoms with E-state index in [0.717, 1.165) is 12.8 Å². The maximum atomic E-state index is 12.7. The Hall–Kier alpha value is -2.27. The summed E-state index contributed by atoms with van der Waals surface area (Å²) in [6.07, 6.45) is 2.85. The number of para-hydroxylation sites is 1. The number of rotatable bonds is 5. The molecular formula is C17H19NO4. The molecule has 0 unspecified atom stereocenters. The van der Waals surface area contributed by atoms with Crippen molar-refractivity contribution in [1.29, 1.82) is 0 Å². The molecule has 0 aliphatic carbocycles. The first-order valence-corrected chi connectivity index (χ1v) is 7.43. The first-order valence-electron chi connectivity index (χ1n) is 7.43. The molecule has 2 aromatic rings. The van der Waals surface area contributed by atoms with E-state index in [-0.39, 0.29) is 17.8 Å². The number of carbonyl (C=O) groups is 1. The van der Waals surface area contributed by atoms with Gasteiger partial charge in [-0.25, -0.2) is 0 Å². The average molecular weight is 301 g/mol. The smallest absolute Gasteiger partial charge is 0.252 e. The van der Waals surface area contributed by atoms with Crippen molar-refractivity contribution >= 4 is 5.91 Å². The average Bonchev–Trinajstić information content (AvgIpc) is 3.21. The summed E-state index contributed by atoms with van der Waals surface area (Å²) in [6.45, 7) is 1.31. The van der Waals surface area contributed by atoms with Crippen LogP contribution in [0.5, 0.6) is 5.75 Å². The van der Waals surface area contributed by atoms with Gasteiger partial charge in [0.2, 0.25) is 0 Å². The maximum absolute atomic E-state index is 12.7. The summed E-state index contributed by atoms with van der Waals surface area (Å²) in [6, 6.07) is 10.7. The second kappa shape index (κ2) is 6.66. The number of nitrogens with zero attached hydrogens (tertiary/aromatic N) is 1. The number of benzene rings is 1. The maximum Gasteiger partial charge on any atom is 0.252 e. The fourth-order valence-electron chi connectivity index (χ4n) is 2.63.